The van der Waals surface area contributed by atoms with Crippen molar-refractivity contribution in [3.8, 4) is 0 Å². The maximum atomic E-state index is 13.0. The molecule has 1 fully saturated rings. The lowest BCUT2D eigenvalue weighted by Crippen LogP contribution is -2.49. The third-order valence-electron chi connectivity index (χ3n) is 5.93. The van der Waals surface area contributed by atoms with Crippen molar-refractivity contribution in [3.05, 3.63) is 47.0 Å². The Balaban J connectivity index is 1.51. The van der Waals surface area contributed by atoms with E-state index in [1.165, 1.54) is 16.5 Å². The molecule has 4 rings (SSSR count). The van der Waals surface area contributed by atoms with Crippen LogP contribution < -0.4 is 5.32 Å². The lowest BCUT2D eigenvalue weighted by Gasteiger charge is -2.35. The molecule has 0 aromatic heterocycles. The first-order valence-corrected chi connectivity index (χ1v) is 10.3. The smallest absolute Gasteiger partial charge is 0.251 e. The van der Waals surface area contributed by atoms with Gasteiger partial charge in [0.25, 0.3) is 5.91 Å². The molecular weight excluding hydrogens is 336 g/mol. The van der Waals surface area contributed by atoms with Crippen molar-refractivity contribution in [2.75, 3.05) is 32.8 Å². The second-order valence-corrected chi connectivity index (χ2v) is 8.25. The maximum absolute atomic E-state index is 13.0. The minimum absolute atomic E-state index is 0.0487. The summed E-state index contributed by atoms with van der Waals surface area (Å²) in [5.74, 6) is 0.652. The van der Waals surface area contributed by atoms with Gasteiger partial charge in [-0.1, -0.05) is 38.1 Å². The SMILES string of the molecule is CC(C)CC(CNC(=O)c1ccc2c3c(cccc13)CC2)N1CCOCC1. The van der Waals surface area contributed by atoms with Crippen molar-refractivity contribution in [1.82, 2.24) is 10.2 Å². The summed E-state index contributed by atoms with van der Waals surface area (Å²) in [5.41, 5.74) is 3.56. The summed E-state index contributed by atoms with van der Waals surface area (Å²) >= 11 is 0. The lowest BCUT2D eigenvalue weighted by molar-refractivity contribution is 0.0124. The van der Waals surface area contributed by atoms with Gasteiger partial charge in [-0.05, 0) is 53.1 Å². The highest BCUT2D eigenvalue weighted by molar-refractivity contribution is 6.09. The third-order valence-corrected chi connectivity index (χ3v) is 5.93. The standard InChI is InChI=1S/C23H30N2O2/c1-16(2)14-19(25-10-12-27-13-11-25)15-24-23(26)21-9-8-18-7-6-17-4-3-5-20(21)22(17)18/h3-5,8-9,16,19H,6-7,10-15H2,1-2H3,(H,24,26). The number of carbonyl (C=O) groups is 1. The van der Waals surface area contributed by atoms with Crippen LogP contribution in [0.5, 0.6) is 0 Å². The van der Waals surface area contributed by atoms with Gasteiger partial charge in [-0.2, -0.15) is 0 Å². The van der Waals surface area contributed by atoms with Gasteiger partial charge >= 0.3 is 0 Å². The molecule has 1 atom stereocenters. The van der Waals surface area contributed by atoms with E-state index in [4.69, 9.17) is 4.74 Å². The molecule has 4 heteroatoms. The predicted molar refractivity (Wildman–Crippen MR) is 109 cm³/mol. The Morgan fingerprint density at radius 3 is 2.59 bits per heavy atom. The monoisotopic (exact) mass is 366 g/mol. The Morgan fingerprint density at radius 1 is 1.11 bits per heavy atom. The zero-order valence-corrected chi connectivity index (χ0v) is 16.5. The van der Waals surface area contributed by atoms with E-state index < -0.39 is 0 Å². The molecule has 27 heavy (non-hydrogen) atoms. The van der Waals surface area contributed by atoms with Gasteiger partial charge in [0.05, 0.1) is 13.2 Å². The van der Waals surface area contributed by atoms with Crippen molar-refractivity contribution in [2.45, 2.75) is 39.2 Å². The van der Waals surface area contributed by atoms with E-state index in [1.54, 1.807) is 0 Å². The number of aryl methyl sites for hydroxylation is 2. The highest BCUT2D eigenvalue weighted by Gasteiger charge is 2.24. The number of amides is 1. The summed E-state index contributed by atoms with van der Waals surface area (Å²) in [5, 5.41) is 5.64. The second-order valence-electron chi connectivity index (χ2n) is 8.25. The van der Waals surface area contributed by atoms with Crippen molar-refractivity contribution < 1.29 is 9.53 Å². The van der Waals surface area contributed by atoms with Crippen molar-refractivity contribution >= 4 is 16.7 Å². The fourth-order valence-corrected chi connectivity index (χ4v) is 4.60. The molecule has 1 N–H and O–H groups in total. The fourth-order valence-electron chi connectivity index (χ4n) is 4.60. The van der Waals surface area contributed by atoms with Crippen molar-refractivity contribution in [3.63, 3.8) is 0 Å². The van der Waals surface area contributed by atoms with Gasteiger partial charge in [-0.25, -0.2) is 0 Å². The quantitative estimate of drug-likeness (QED) is 0.852. The summed E-state index contributed by atoms with van der Waals surface area (Å²) in [6.45, 7) is 8.67. The number of ether oxygens (including phenoxy) is 1. The van der Waals surface area contributed by atoms with Crippen LogP contribution in [0.15, 0.2) is 30.3 Å². The molecule has 2 aromatic carbocycles. The Bertz CT molecular complexity index is 814. The molecule has 144 valence electrons. The van der Waals surface area contributed by atoms with Crippen LogP contribution in [-0.4, -0.2) is 49.7 Å². The Labute approximate surface area is 161 Å². The largest absolute Gasteiger partial charge is 0.379 e. The van der Waals surface area contributed by atoms with Gasteiger partial charge in [0.2, 0.25) is 0 Å². The van der Waals surface area contributed by atoms with Gasteiger partial charge in [-0.15, -0.1) is 0 Å². The van der Waals surface area contributed by atoms with E-state index >= 15 is 0 Å². The van der Waals surface area contributed by atoms with Gasteiger partial charge in [0.15, 0.2) is 0 Å². The van der Waals surface area contributed by atoms with Gasteiger partial charge in [0, 0.05) is 31.2 Å². The number of nitrogens with zero attached hydrogens (tertiary/aromatic N) is 1. The zero-order chi connectivity index (χ0) is 18.8. The molecule has 1 aliphatic carbocycles. The first-order valence-electron chi connectivity index (χ1n) is 10.3. The molecule has 1 heterocycles. The molecule has 1 saturated heterocycles. The lowest BCUT2D eigenvalue weighted by atomic mass is 9.99. The second kappa shape index (κ2) is 7.99. The normalized spacial score (nSPS) is 18.2. The molecule has 0 saturated carbocycles. The Morgan fingerprint density at radius 2 is 1.85 bits per heavy atom. The van der Waals surface area contributed by atoms with E-state index in [2.05, 4.69) is 48.3 Å². The number of rotatable bonds is 6. The maximum Gasteiger partial charge on any atom is 0.251 e. The summed E-state index contributed by atoms with van der Waals surface area (Å²) < 4.78 is 5.50. The molecule has 1 amide bonds. The zero-order valence-electron chi connectivity index (χ0n) is 16.5. The average Bonchev–Trinajstić information content (AvgIpc) is 3.11. The summed E-state index contributed by atoms with van der Waals surface area (Å²) in [7, 11) is 0. The molecule has 2 aliphatic rings. The minimum Gasteiger partial charge on any atom is -0.379 e. The first-order chi connectivity index (χ1) is 13.1. The number of nitrogens with one attached hydrogen (secondary N) is 1. The number of hydrogen-bond donors (Lipinski definition) is 1. The summed E-state index contributed by atoms with van der Waals surface area (Å²) in [6, 6.07) is 10.9. The van der Waals surface area contributed by atoms with Crippen LogP contribution in [0.2, 0.25) is 0 Å². The van der Waals surface area contributed by atoms with Crippen molar-refractivity contribution in [2.24, 2.45) is 5.92 Å². The van der Waals surface area contributed by atoms with E-state index in [1.807, 2.05) is 6.07 Å². The molecule has 0 radical (unpaired) electrons. The van der Waals surface area contributed by atoms with E-state index in [-0.39, 0.29) is 5.91 Å². The predicted octanol–water partition coefficient (Wildman–Crippen LogP) is 3.42. The number of hydrogen-bond acceptors (Lipinski definition) is 3. The van der Waals surface area contributed by atoms with Crippen LogP contribution in [0.4, 0.5) is 0 Å². The van der Waals surface area contributed by atoms with Gasteiger partial charge in [-0.3, -0.25) is 9.69 Å². The highest BCUT2D eigenvalue weighted by Crippen LogP contribution is 2.32. The third kappa shape index (κ3) is 3.87. The Kier molecular flexibility index (Phi) is 5.46. The van der Waals surface area contributed by atoms with E-state index in [0.29, 0.717) is 18.5 Å². The van der Waals surface area contributed by atoms with Crippen LogP contribution in [0.25, 0.3) is 10.8 Å². The molecule has 1 unspecified atom stereocenters. The molecule has 0 bridgehead atoms. The van der Waals surface area contributed by atoms with Crippen LogP contribution in [0.1, 0.15) is 41.8 Å². The minimum atomic E-state index is 0.0487. The highest BCUT2D eigenvalue weighted by atomic mass is 16.5. The molecule has 2 aromatic rings. The topological polar surface area (TPSA) is 41.6 Å². The first kappa shape index (κ1) is 18.5. The van der Waals surface area contributed by atoms with Crippen LogP contribution in [0, 0.1) is 5.92 Å². The molecule has 0 spiro atoms. The van der Waals surface area contributed by atoms with Crippen LogP contribution >= 0.6 is 0 Å². The molecule has 1 aliphatic heterocycles. The summed E-state index contributed by atoms with van der Waals surface area (Å²) in [4.78, 5) is 15.5. The van der Waals surface area contributed by atoms with E-state index in [0.717, 1.165) is 56.5 Å². The molecule has 4 nitrogen and oxygen atoms in total. The number of benzene rings is 2. The fraction of sp³-hybridized carbons (Fsp3) is 0.522. The van der Waals surface area contributed by atoms with Crippen LogP contribution in [-0.2, 0) is 17.6 Å². The average molecular weight is 367 g/mol. The number of carbonyl (C=O) groups excluding carboxylic acids is 1. The van der Waals surface area contributed by atoms with Gasteiger partial charge < -0.3 is 10.1 Å². The van der Waals surface area contributed by atoms with Crippen molar-refractivity contribution in [1.29, 1.82) is 0 Å². The number of morpholine rings is 1. The van der Waals surface area contributed by atoms with Gasteiger partial charge in [0.1, 0.15) is 0 Å². The Hall–Kier alpha value is -1.91. The van der Waals surface area contributed by atoms with E-state index in [9.17, 15) is 4.79 Å². The molecular formula is C23H30N2O2. The van der Waals surface area contributed by atoms with Crippen LogP contribution in [0.3, 0.4) is 0 Å². The summed E-state index contributed by atoms with van der Waals surface area (Å²) in [6.07, 6.45) is 3.26.